The number of ether oxygens (including phenoxy) is 1. The van der Waals surface area contributed by atoms with Gasteiger partial charge in [0.05, 0.1) is 18.7 Å². The number of benzene rings is 2. The molecule has 0 radical (unpaired) electrons. The zero-order valence-corrected chi connectivity index (χ0v) is 15.0. The van der Waals surface area contributed by atoms with Gasteiger partial charge in [0.15, 0.2) is 0 Å². The number of hydrogen-bond donors (Lipinski definition) is 2. The van der Waals surface area contributed by atoms with Crippen molar-refractivity contribution in [2.75, 3.05) is 7.11 Å². The Bertz CT molecular complexity index is 972. The highest BCUT2D eigenvalue weighted by Gasteiger charge is 2.27. The summed E-state index contributed by atoms with van der Waals surface area (Å²) >= 11 is 0. The molecule has 1 aromatic heterocycles. The molecule has 1 aliphatic heterocycles. The molecule has 3 aromatic rings. The van der Waals surface area contributed by atoms with Gasteiger partial charge >= 0.3 is 5.97 Å². The van der Waals surface area contributed by atoms with Crippen molar-refractivity contribution in [3.63, 3.8) is 0 Å². The molecule has 2 aromatic carbocycles. The Labute approximate surface area is 152 Å². The van der Waals surface area contributed by atoms with Gasteiger partial charge in [-0.15, -0.1) is 0 Å². The predicted octanol–water partition coefficient (Wildman–Crippen LogP) is 4.00. The molecule has 132 valence electrons. The molecule has 26 heavy (non-hydrogen) atoms. The van der Waals surface area contributed by atoms with E-state index in [4.69, 9.17) is 4.74 Å². The number of aromatic nitrogens is 1. The van der Waals surface area contributed by atoms with Gasteiger partial charge in [-0.1, -0.05) is 48.5 Å². The zero-order chi connectivity index (χ0) is 18.1. The summed E-state index contributed by atoms with van der Waals surface area (Å²) in [6, 6.07) is 18.3. The monoisotopic (exact) mass is 346 g/mol. The van der Waals surface area contributed by atoms with Gasteiger partial charge in [0.25, 0.3) is 0 Å². The molecule has 4 nitrogen and oxygen atoms in total. The Morgan fingerprint density at radius 3 is 2.62 bits per heavy atom. The molecule has 0 spiro atoms. The van der Waals surface area contributed by atoms with Crippen LogP contribution in [-0.4, -0.2) is 24.1 Å². The van der Waals surface area contributed by atoms with Crippen LogP contribution in [0.15, 0.2) is 60.7 Å². The maximum atomic E-state index is 12.4. The van der Waals surface area contributed by atoms with Gasteiger partial charge in [-0.3, -0.25) is 0 Å². The fraction of sp³-hybridized carbons (Fsp3) is 0.227. The Balaban J connectivity index is 1.84. The van der Waals surface area contributed by atoms with E-state index in [0.29, 0.717) is 11.6 Å². The van der Waals surface area contributed by atoms with Crippen LogP contribution in [0, 0.1) is 0 Å². The normalized spacial score (nSPS) is 20.0. The lowest BCUT2D eigenvalue weighted by Crippen LogP contribution is -2.36. The van der Waals surface area contributed by atoms with E-state index in [0.717, 1.165) is 23.2 Å². The smallest absolute Gasteiger partial charge is 0.338 e. The molecule has 0 bridgehead atoms. The first kappa shape index (κ1) is 16.6. The van der Waals surface area contributed by atoms with E-state index in [-0.39, 0.29) is 12.0 Å². The number of hydrogen-bond acceptors (Lipinski definition) is 3. The van der Waals surface area contributed by atoms with E-state index >= 15 is 0 Å². The molecule has 0 saturated carbocycles. The molecular formula is C22H22N2O2. The minimum Gasteiger partial charge on any atom is -0.465 e. The number of esters is 1. The number of rotatable bonds is 3. The Morgan fingerprint density at radius 2 is 1.85 bits per heavy atom. The molecule has 0 saturated heterocycles. The zero-order valence-electron chi connectivity index (χ0n) is 15.0. The SMILES string of the molecule is COC(=O)/C(=C/C1NC(C)Cc2c1[nH]c1ccccc21)c1ccccc1. The Morgan fingerprint density at radius 1 is 1.12 bits per heavy atom. The fourth-order valence-corrected chi connectivity index (χ4v) is 3.77. The first-order chi connectivity index (χ1) is 12.7. The summed E-state index contributed by atoms with van der Waals surface area (Å²) in [4.78, 5) is 16.0. The first-order valence-electron chi connectivity index (χ1n) is 8.88. The Hall–Kier alpha value is -2.85. The van der Waals surface area contributed by atoms with Gasteiger partial charge in [-0.2, -0.15) is 0 Å². The molecule has 0 aliphatic carbocycles. The van der Waals surface area contributed by atoms with Crippen LogP contribution in [0.2, 0.25) is 0 Å². The molecule has 4 rings (SSSR count). The standard InChI is InChI=1S/C22H22N2O2/c1-14-12-18-16-10-6-7-11-19(16)24-21(18)20(23-14)13-17(22(25)26-2)15-8-4-3-5-9-15/h3-11,13-14,20,23-24H,12H2,1-2H3/b17-13+. The van der Waals surface area contributed by atoms with Gasteiger partial charge in [0.2, 0.25) is 0 Å². The second kappa shape index (κ2) is 6.81. The molecule has 0 amide bonds. The molecule has 4 heteroatoms. The highest BCUT2D eigenvalue weighted by Crippen LogP contribution is 2.34. The molecule has 2 unspecified atom stereocenters. The van der Waals surface area contributed by atoms with Gasteiger partial charge < -0.3 is 15.0 Å². The fourth-order valence-electron chi connectivity index (χ4n) is 3.77. The maximum absolute atomic E-state index is 12.4. The summed E-state index contributed by atoms with van der Waals surface area (Å²) in [5.74, 6) is -0.325. The van der Waals surface area contributed by atoms with Crippen molar-refractivity contribution in [3.8, 4) is 0 Å². The molecular weight excluding hydrogens is 324 g/mol. The number of para-hydroxylation sites is 1. The van der Waals surface area contributed by atoms with E-state index in [1.54, 1.807) is 0 Å². The van der Waals surface area contributed by atoms with Crippen LogP contribution in [0.5, 0.6) is 0 Å². The average molecular weight is 346 g/mol. The third-order valence-electron chi connectivity index (χ3n) is 4.96. The molecule has 2 heterocycles. The van der Waals surface area contributed by atoms with Crippen LogP contribution in [0.1, 0.15) is 29.8 Å². The van der Waals surface area contributed by atoms with Gasteiger partial charge in [0.1, 0.15) is 0 Å². The highest BCUT2D eigenvalue weighted by atomic mass is 16.5. The van der Waals surface area contributed by atoms with Crippen LogP contribution >= 0.6 is 0 Å². The topological polar surface area (TPSA) is 54.1 Å². The Kier molecular flexibility index (Phi) is 4.35. The van der Waals surface area contributed by atoms with Crippen LogP contribution in [0.25, 0.3) is 16.5 Å². The number of methoxy groups -OCH3 is 1. The van der Waals surface area contributed by atoms with Crippen molar-refractivity contribution in [1.29, 1.82) is 0 Å². The number of carbonyl (C=O) groups is 1. The average Bonchev–Trinajstić information content (AvgIpc) is 3.05. The third kappa shape index (κ3) is 2.93. The van der Waals surface area contributed by atoms with E-state index in [9.17, 15) is 4.79 Å². The summed E-state index contributed by atoms with van der Waals surface area (Å²) in [6.07, 6.45) is 2.94. The predicted molar refractivity (Wildman–Crippen MR) is 104 cm³/mol. The number of carbonyl (C=O) groups excluding carboxylic acids is 1. The lowest BCUT2D eigenvalue weighted by molar-refractivity contribution is -0.133. The van der Waals surface area contributed by atoms with Gasteiger partial charge in [-0.25, -0.2) is 4.79 Å². The maximum Gasteiger partial charge on any atom is 0.338 e. The summed E-state index contributed by atoms with van der Waals surface area (Å²) < 4.78 is 5.04. The largest absolute Gasteiger partial charge is 0.465 e. The van der Waals surface area contributed by atoms with Crippen molar-refractivity contribution in [2.24, 2.45) is 0 Å². The summed E-state index contributed by atoms with van der Waals surface area (Å²) in [7, 11) is 1.42. The van der Waals surface area contributed by atoms with E-state index in [1.807, 2.05) is 42.5 Å². The number of H-pyrrole nitrogens is 1. The van der Waals surface area contributed by atoms with E-state index in [2.05, 4.69) is 35.4 Å². The molecule has 2 N–H and O–H groups in total. The van der Waals surface area contributed by atoms with Crippen LogP contribution < -0.4 is 5.32 Å². The molecule has 0 fully saturated rings. The lowest BCUT2D eigenvalue weighted by Gasteiger charge is -2.28. The van der Waals surface area contributed by atoms with Gasteiger partial charge in [0, 0.05) is 22.6 Å². The van der Waals surface area contributed by atoms with Crippen LogP contribution in [-0.2, 0) is 16.0 Å². The summed E-state index contributed by atoms with van der Waals surface area (Å²) in [6.45, 7) is 2.17. The number of aromatic amines is 1. The minimum atomic E-state index is -0.325. The quantitative estimate of drug-likeness (QED) is 0.557. The van der Waals surface area contributed by atoms with Crippen molar-refractivity contribution in [2.45, 2.75) is 25.4 Å². The molecule has 2 atom stereocenters. The van der Waals surface area contributed by atoms with Gasteiger partial charge in [-0.05, 0) is 36.6 Å². The number of fused-ring (bicyclic) bond motifs is 3. The van der Waals surface area contributed by atoms with Crippen molar-refractivity contribution in [1.82, 2.24) is 10.3 Å². The summed E-state index contributed by atoms with van der Waals surface area (Å²) in [5.41, 5.74) is 5.01. The minimum absolute atomic E-state index is 0.0737. The second-order valence-electron chi connectivity index (χ2n) is 6.75. The van der Waals surface area contributed by atoms with E-state index < -0.39 is 0 Å². The van der Waals surface area contributed by atoms with Crippen molar-refractivity contribution < 1.29 is 9.53 Å². The summed E-state index contributed by atoms with van der Waals surface area (Å²) in [5, 5.41) is 4.86. The third-order valence-corrected chi connectivity index (χ3v) is 4.96. The van der Waals surface area contributed by atoms with Crippen molar-refractivity contribution in [3.05, 3.63) is 77.5 Å². The van der Waals surface area contributed by atoms with E-state index in [1.165, 1.54) is 18.1 Å². The highest BCUT2D eigenvalue weighted by molar-refractivity contribution is 6.16. The van der Waals surface area contributed by atoms with Crippen molar-refractivity contribution >= 4 is 22.4 Å². The second-order valence-corrected chi connectivity index (χ2v) is 6.75. The lowest BCUT2D eigenvalue weighted by atomic mass is 9.92. The molecule has 1 aliphatic rings. The van der Waals surface area contributed by atoms with Crippen LogP contribution in [0.3, 0.4) is 0 Å². The van der Waals surface area contributed by atoms with Crippen LogP contribution in [0.4, 0.5) is 0 Å². The first-order valence-corrected chi connectivity index (χ1v) is 8.88. The number of nitrogens with one attached hydrogen (secondary N) is 2.